The molecule has 0 bridgehead atoms. The van der Waals surface area contributed by atoms with Crippen molar-refractivity contribution in [3.63, 3.8) is 0 Å². The summed E-state index contributed by atoms with van der Waals surface area (Å²) in [6, 6.07) is 1.19. The van der Waals surface area contributed by atoms with Crippen LogP contribution in [0.15, 0.2) is 0 Å². The fourth-order valence-corrected chi connectivity index (χ4v) is 5.64. The number of hydrogen-bond acceptors (Lipinski definition) is 6. The van der Waals surface area contributed by atoms with E-state index in [0.717, 1.165) is 45.3 Å². The average Bonchev–Trinajstić information content (AvgIpc) is 2.67. The molecule has 172 valence electrons. The summed E-state index contributed by atoms with van der Waals surface area (Å²) in [6.45, 7) is 13.4. The molecule has 2 saturated heterocycles. The Morgan fingerprint density at radius 3 is 2.17 bits per heavy atom. The molecular formula is C23H41N3O4. The van der Waals surface area contributed by atoms with Gasteiger partial charge in [0.15, 0.2) is 0 Å². The van der Waals surface area contributed by atoms with Crippen molar-refractivity contribution in [2.75, 3.05) is 26.2 Å². The van der Waals surface area contributed by atoms with Crippen LogP contribution in [0.5, 0.6) is 0 Å². The summed E-state index contributed by atoms with van der Waals surface area (Å²) in [5, 5.41) is 1.80. The summed E-state index contributed by atoms with van der Waals surface area (Å²) >= 11 is 0. The Kier molecular flexibility index (Phi) is 7.66. The second-order valence-electron chi connectivity index (χ2n) is 10.0. The van der Waals surface area contributed by atoms with Crippen LogP contribution in [-0.4, -0.2) is 77.3 Å². The maximum atomic E-state index is 12.4. The standard InChI is InChI=1S/C23H41N3O4/c1-6-29-22(28)30-26-17(2)14-21(15-18(26)3)24-12-8-20(9-13-24)25(19(4)27)16-23(5)10-7-11-23/h17-18,20-21H,6-16H2,1-5H3. The van der Waals surface area contributed by atoms with E-state index in [0.29, 0.717) is 24.1 Å². The molecule has 7 heteroatoms. The van der Waals surface area contributed by atoms with E-state index in [9.17, 15) is 9.59 Å². The van der Waals surface area contributed by atoms with Crippen molar-refractivity contribution in [3.8, 4) is 0 Å². The predicted molar refractivity (Wildman–Crippen MR) is 116 cm³/mol. The van der Waals surface area contributed by atoms with Gasteiger partial charge in [-0.2, -0.15) is 0 Å². The van der Waals surface area contributed by atoms with E-state index in [1.54, 1.807) is 18.9 Å². The highest BCUT2D eigenvalue weighted by molar-refractivity contribution is 5.73. The zero-order valence-corrected chi connectivity index (χ0v) is 19.6. The van der Waals surface area contributed by atoms with Gasteiger partial charge in [-0.15, -0.1) is 5.06 Å². The molecule has 0 N–H and O–H groups in total. The van der Waals surface area contributed by atoms with Crippen molar-refractivity contribution in [2.45, 2.75) is 104 Å². The molecule has 2 unspecified atom stereocenters. The van der Waals surface area contributed by atoms with E-state index in [1.807, 2.05) is 0 Å². The van der Waals surface area contributed by atoms with Crippen LogP contribution in [0.4, 0.5) is 4.79 Å². The molecule has 0 aromatic rings. The van der Waals surface area contributed by atoms with Crippen molar-refractivity contribution < 1.29 is 19.2 Å². The Labute approximate surface area is 182 Å². The van der Waals surface area contributed by atoms with E-state index in [2.05, 4.69) is 30.6 Å². The summed E-state index contributed by atoms with van der Waals surface area (Å²) < 4.78 is 4.94. The van der Waals surface area contributed by atoms with Gasteiger partial charge in [-0.25, -0.2) is 4.79 Å². The third-order valence-corrected chi connectivity index (χ3v) is 7.51. The number of hydrogen-bond donors (Lipinski definition) is 0. The minimum absolute atomic E-state index is 0.160. The zero-order chi connectivity index (χ0) is 21.9. The molecule has 1 amide bonds. The first-order valence-corrected chi connectivity index (χ1v) is 11.9. The van der Waals surface area contributed by atoms with E-state index in [1.165, 1.54) is 19.3 Å². The monoisotopic (exact) mass is 423 g/mol. The minimum Gasteiger partial charge on any atom is -0.433 e. The summed E-state index contributed by atoms with van der Waals surface area (Å²) in [5.74, 6) is 0.230. The largest absolute Gasteiger partial charge is 0.527 e. The Balaban J connectivity index is 1.51. The van der Waals surface area contributed by atoms with Crippen LogP contribution in [0.1, 0.15) is 79.6 Å². The van der Waals surface area contributed by atoms with E-state index >= 15 is 0 Å². The number of piperidine rings is 2. The lowest BCUT2D eigenvalue weighted by Crippen LogP contribution is -2.57. The maximum Gasteiger partial charge on any atom is 0.527 e. The summed E-state index contributed by atoms with van der Waals surface area (Å²) in [6.07, 6.45) is 7.24. The molecule has 0 radical (unpaired) electrons. The average molecular weight is 424 g/mol. The number of nitrogens with zero attached hydrogens (tertiary/aromatic N) is 3. The van der Waals surface area contributed by atoms with Crippen LogP contribution in [0.3, 0.4) is 0 Å². The Morgan fingerprint density at radius 1 is 1.10 bits per heavy atom. The molecule has 3 aliphatic rings. The lowest BCUT2D eigenvalue weighted by molar-refractivity contribution is -0.196. The smallest absolute Gasteiger partial charge is 0.433 e. The first-order chi connectivity index (χ1) is 14.2. The number of likely N-dealkylation sites (tertiary alicyclic amines) is 1. The van der Waals surface area contributed by atoms with E-state index < -0.39 is 6.16 Å². The lowest BCUT2D eigenvalue weighted by Gasteiger charge is -2.49. The van der Waals surface area contributed by atoms with Crippen LogP contribution in [0.2, 0.25) is 0 Å². The Hall–Kier alpha value is -1.34. The van der Waals surface area contributed by atoms with Gasteiger partial charge in [-0.3, -0.25) is 4.79 Å². The van der Waals surface area contributed by atoms with Gasteiger partial charge in [0.2, 0.25) is 5.91 Å². The van der Waals surface area contributed by atoms with Crippen molar-refractivity contribution in [1.29, 1.82) is 0 Å². The predicted octanol–water partition coefficient (Wildman–Crippen LogP) is 3.82. The molecule has 0 spiro atoms. The van der Waals surface area contributed by atoms with E-state index in [4.69, 9.17) is 9.57 Å². The van der Waals surface area contributed by atoms with Gasteiger partial charge < -0.3 is 19.4 Å². The number of ether oxygens (including phenoxy) is 1. The third-order valence-electron chi connectivity index (χ3n) is 7.51. The van der Waals surface area contributed by atoms with Crippen LogP contribution >= 0.6 is 0 Å². The molecule has 2 heterocycles. The molecule has 1 aliphatic carbocycles. The molecule has 2 aliphatic heterocycles. The van der Waals surface area contributed by atoms with Crippen LogP contribution in [-0.2, 0) is 14.4 Å². The third kappa shape index (κ3) is 5.47. The number of amides is 1. The summed E-state index contributed by atoms with van der Waals surface area (Å²) in [5.41, 5.74) is 0.333. The highest BCUT2D eigenvalue weighted by atomic mass is 16.8. The molecular weight excluding hydrogens is 382 g/mol. The van der Waals surface area contributed by atoms with Crippen molar-refractivity contribution in [2.24, 2.45) is 5.41 Å². The first-order valence-electron chi connectivity index (χ1n) is 11.9. The molecule has 1 saturated carbocycles. The van der Waals surface area contributed by atoms with Crippen molar-refractivity contribution in [1.82, 2.24) is 14.9 Å². The van der Waals surface area contributed by atoms with Crippen molar-refractivity contribution in [3.05, 3.63) is 0 Å². The number of rotatable bonds is 6. The summed E-state index contributed by atoms with van der Waals surface area (Å²) in [7, 11) is 0. The van der Waals surface area contributed by atoms with Crippen LogP contribution in [0.25, 0.3) is 0 Å². The van der Waals surface area contributed by atoms with Crippen LogP contribution < -0.4 is 0 Å². The number of carbonyl (C=O) groups is 2. The van der Waals surface area contributed by atoms with Crippen LogP contribution in [0, 0.1) is 5.41 Å². The number of carbonyl (C=O) groups excluding carboxylic acids is 2. The first kappa shape index (κ1) is 23.3. The lowest BCUT2D eigenvalue weighted by atomic mass is 9.70. The van der Waals surface area contributed by atoms with Gasteiger partial charge in [0.1, 0.15) is 0 Å². The number of hydroxylamine groups is 2. The topological polar surface area (TPSA) is 62.3 Å². The quantitative estimate of drug-likeness (QED) is 0.605. The second kappa shape index (κ2) is 9.86. The Morgan fingerprint density at radius 2 is 1.70 bits per heavy atom. The minimum atomic E-state index is -0.611. The molecule has 0 aromatic carbocycles. The normalized spacial score (nSPS) is 30.4. The van der Waals surface area contributed by atoms with Gasteiger partial charge in [0.25, 0.3) is 0 Å². The fraction of sp³-hybridized carbons (Fsp3) is 0.913. The van der Waals surface area contributed by atoms with Gasteiger partial charge >= 0.3 is 6.16 Å². The van der Waals surface area contributed by atoms with E-state index in [-0.39, 0.29) is 18.0 Å². The molecule has 3 rings (SSSR count). The van der Waals surface area contributed by atoms with Crippen molar-refractivity contribution >= 4 is 12.1 Å². The highest BCUT2D eigenvalue weighted by Crippen LogP contribution is 2.41. The highest BCUT2D eigenvalue weighted by Gasteiger charge is 2.40. The summed E-state index contributed by atoms with van der Waals surface area (Å²) in [4.78, 5) is 34.3. The van der Waals surface area contributed by atoms with Gasteiger partial charge in [-0.1, -0.05) is 13.3 Å². The molecule has 3 fully saturated rings. The van der Waals surface area contributed by atoms with Gasteiger partial charge in [0.05, 0.1) is 6.61 Å². The fourth-order valence-electron chi connectivity index (χ4n) is 5.64. The second-order valence-corrected chi connectivity index (χ2v) is 10.0. The molecule has 30 heavy (non-hydrogen) atoms. The molecule has 7 nitrogen and oxygen atoms in total. The van der Waals surface area contributed by atoms with Gasteiger partial charge in [0, 0.05) is 50.7 Å². The Bertz CT molecular complexity index is 589. The SMILES string of the molecule is CCOC(=O)ON1C(C)CC(N2CCC(N(CC3(C)CCC3)C(C)=O)CC2)CC1C. The maximum absolute atomic E-state index is 12.4. The molecule has 0 aromatic heterocycles. The van der Waals surface area contributed by atoms with Gasteiger partial charge in [-0.05, 0) is 64.7 Å². The zero-order valence-electron chi connectivity index (χ0n) is 19.6. The molecule has 2 atom stereocenters.